The average Bonchev–Trinajstić information content (AvgIpc) is 3.01. The first-order valence-electron chi connectivity index (χ1n) is 13.8. The lowest BCUT2D eigenvalue weighted by Crippen LogP contribution is -2.55. The number of aryl methyl sites for hydroxylation is 2. The van der Waals surface area contributed by atoms with Gasteiger partial charge in [0, 0.05) is 42.9 Å². The van der Waals surface area contributed by atoms with Crippen LogP contribution in [0.1, 0.15) is 53.5 Å². The summed E-state index contributed by atoms with van der Waals surface area (Å²) in [5.41, 5.74) is 6.35. The van der Waals surface area contributed by atoms with Gasteiger partial charge in [0.15, 0.2) is 0 Å². The number of rotatable bonds is 7. The first-order chi connectivity index (χ1) is 18.7. The van der Waals surface area contributed by atoms with Crippen molar-refractivity contribution in [3.8, 4) is 11.5 Å². The third-order valence-electron chi connectivity index (χ3n) is 8.57. The number of fused-ring (bicyclic) bond motifs is 3. The lowest BCUT2D eigenvalue weighted by molar-refractivity contribution is 0.0280. The number of benzene rings is 2. The second-order valence-electron chi connectivity index (χ2n) is 11.4. The summed E-state index contributed by atoms with van der Waals surface area (Å²) >= 11 is 0. The Bertz CT molecular complexity index is 1250. The zero-order valence-corrected chi connectivity index (χ0v) is 23.7. The van der Waals surface area contributed by atoms with E-state index in [9.17, 15) is 15.0 Å². The zero-order valence-electron chi connectivity index (χ0n) is 23.7. The number of likely N-dealkylation sites (tertiary alicyclic amines) is 1. The molecule has 8 nitrogen and oxygen atoms in total. The Kier molecular flexibility index (Phi) is 7.64. The van der Waals surface area contributed by atoms with Gasteiger partial charge in [-0.2, -0.15) is 0 Å². The molecule has 2 aromatic carbocycles. The van der Waals surface area contributed by atoms with E-state index in [1.54, 1.807) is 14.2 Å². The molecule has 0 aromatic heterocycles. The first-order valence-corrected chi connectivity index (χ1v) is 13.8. The summed E-state index contributed by atoms with van der Waals surface area (Å²) in [5, 5.41) is 20.1. The van der Waals surface area contributed by atoms with E-state index in [-0.39, 0.29) is 25.1 Å². The number of urea groups is 1. The molecule has 2 saturated heterocycles. The quantitative estimate of drug-likeness (QED) is 0.559. The molecule has 2 atom stereocenters. The van der Waals surface area contributed by atoms with Gasteiger partial charge in [0.05, 0.1) is 45.6 Å². The highest BCUT2D eigenvalue weighted by Gasteiger charge is 2.55. The molecule has 1 unspecified atom stereocenters. The van der Waals surface area contributed by atoms with E-state index < -0.39 is 11.6 Å². The van der Waals surface area contributed by atoms with Gasteiger partial charge >= 0.3 is 6.03 Å². The van der Waals surface area contributed by atoms with E-state index in [0.717, 1.165) is 55.0 Å². The molecule has 8 heteroatoms. The number of allylic oxidation sites excluding steroid dienone is 1. The van der Waals surface area contributed by atoms with Crippen molar-refractivity contribution in [2.24, 2.45) is 0 Å². The van der Waals surface area contributed by atoms with E-state index >= 15 is 0 Å². The maximum atomic E-state index is 14.0. The van der Waals surface area contributed by atoms with Crippen LogP contribution in [0, 0.1) is 13.8 Å². The largest absolute Gasteiger partial charge is 0.497 e. The van der Waals surface area contributed by atoms with E-state index in [4.69, 9.17) is 9.47 Å². The standard InChI is InChI=1S/C31H41N3O5/c1-20-10-21(2)12-23(11-20)16-32-8-6-31(7-9-32)28-13-22(3)29-24(14-26(38-4)15-27(29)39-5)17-33(28)30(37)34(31)18-25(36)19-35/h10-15,22,25,35-36H,6-9,16-19H2,1-5H3/t22-,25?/m0/s1. The van der Waals surface area contributed by atoms with Crippen LogP contribution in [-0.2, 0) is 13.1 Å². The van der Waals surface area contributed by atoms with Crippen molar-refractivity contribution < 1.29 is 24.5 Å². The molecule has 39 heavy (non-hydrogen) atoms. The Hall–Kier alpha value is -3.07. The smallest absolute Gasteiger partial charge is 0.325 e. The Morgan fingerprint density at radius 1 is 1.05 bits per heavy atom. The van der Waals surface area contributed by atoms with Crippen LogP contribution in [0.3, 0.4) is 0 Å². The summed E-state index contributed by atoms with van der Waals surface area (Å²) in [6.45, 7) is 9.05. The van der Waals surface area contributed by atoms with Crippen LogP contribution in [0.25, 0.3) is 0 Å². The van der Waals surface area contributed by atoms with Gasteiger partial charge in [0.2, 0.25) is 0 Å². The molecular formula is C31H41N3O5. The highest BCUT2D eigenvalue weighted by atomic mass is 16.5. The summed E-state index contributed by atoms with van der Waals surface area (Å²) in [5.74, 6) is 1.46. The number of methoxy groups -OCH3 is 2. The number of aliphatic hydroxyl groups is 2. The number of piperidine rings is 1. The molecule has 210 valence electrons. The maximum absolute atomic E-state index is 14.0. The second-order valence-corrected chi connectivity index (χ2v) is 11.4. The third-order valence-corrected chi connectivity index (χ3v) is 8.57. The molecule has 1 spiro atoms. The Morgan fingerprint density at radius 2 is 1.74 bits per heavy atom. The fraction of sp³-hybridized carbons (Fsp3) is 0.516. The van der Waals surface area contributed by atoms with Crippen LogP contribution in [-0.4, -0.2) is 83.0 Å². The van der Waals surface area contributed by atoms with Crippen LogP contribution >= 0.6 is 0 Å². The molecule has 5 rings (SSSR count). The monoisotopic (exact) mass is 535 g/mol. The number of ether oxygens (including phenoxy) is 2. The first kappa shape index (κ1) is 27.5. The van der Waals surface area contributed by atoms with Crippen LogP contribution in [0.2, 0.25) is 0 Å². The second kappa shape index (κ2) is 10.8. The van der Waals surface area contributed by atoms with Crippen molar-refractivity contribution in [2.45, 2.75) is 64.3 Å². The predicted octanol–water partition coefficient (Wildman–Crippen LogP) is 3.95. The molecular weight excluding hydrogens is 494 g/mol. The highest BCUT2D eigenvalue weighted by Crippen LogP contribution is 2.49. The van der Waals surface area contributed by atoms with Gasteiger partial charge in [-0.3, -0.25) is 9.80 Å². The summed E-state index contributed by atoms with van der Waals surface area (Å²) in [6, 6.07) is 10.4. The lowest BCUT2D eigenvalue weighted by atomic mass is 9.81. The van der Waals surface area contributed by atoms with Gasteiger partial charge in [-0.15, -0.1) is 0 Å². The maximum Gasteiger partial charge on any atom is 0.325 e. The summed E-state index contributed by atoms with van der Waals surface area (Å²) in [7, 11) is 3.29. The summed E-state index contributed by atoms with van der Waals surface area (Å²) in [6.07, 6.45) is 2.73. The van der Waals surface area contributed by atoms with E-state index in [2.05, 4.69) is 49.9 Å². The Balaban J connectivity index is 1.49. The highest BCUT2D eigenvalue weighted by molar-refractivity contribution is 5.83. The van der Waals surface area contributed by atoms with Gasteiger partial charge in [0.1, 0.15) is 11.5 Å². The van der Waals surface area contributed by atoms with Crippen molar-refractivity contribution in [3.05, 3.63) is 69.9 Å². The van der Waals surface area contributed by atoms with Gasteiger partial charge in [-0.05, 0) is 43.9 Å². The fourth-order valence-electron chi connectivity index (χ4n) is 6.85. The molecule has 0 aliphatic carbocycles. The van der Waals surface area contributed by atoms with E-state index in [0.29, 0.717) is 12.3 Å². The molecule has 2 aromatic rings. The molecule has 3 aliphatic heterocycles. The van der Waals surface area contributed by atoms with Crippen molar-refractivity contribution in [1.29, 1.82) is 0 Å². The number of hydrogen-bond donors (Lipinski definition) is 2. The average molecular weight is 536 g/mol. The Labute approximate surface area is 231 Å². The number of carbonyl (C=O) groups is 1. The van der Waals surface area contributed by atoms with Crippen LogP contribution in [0.5, 0.6) is 11.5 Å². The lowest BCUT2D eigenvalue weighted by Gasteiger charge is -2.45. The third kappa shape index (κ3) is 5.01. The zero-order chi connectivity index (χ0) is 27.9. The van der Waals surface area contributed by atoms with Crippen LogP contribution in [0.4, 0.5) is 4.79 Å². The van der Waals surface area contributed by atoms with E-state index in [1.807, 2.05) is 21.9 Å². The van der Waals surface area contributed by atoms with Crippen molar-refractivity contribution in [2.75, 3.05) is 40.5 Å². The normalized spacial score (nSPS) is 21.4. The SMILES string of the molecule is COc1cc2c(c(OC)c1)[C@@H](C)C=C1N(C2)C(=O)N(CC(O)CO)C12CCN(Cc1cc(C)cc(C)c1)CC2. The van der Waals surface area contributed by atoms with E-state index in [1.165, 1.54) is 16.7 Å². The molecule has 2 fully saturated rings. The number of β-amino-alcohol motifs (C(OH)–C–C–N with tert-alkyl or cyclic N) is 1. The fourth-order valence-corrected chi connectivity index (χ4v) is 6.85. The van der Waals surface area contributed by atoms with Gasteiger partial charge in [0.25, 0.3) is 0 Å². The molecule has 3 aliphatic rings. The van der Waals surface area contributed by atoms with Crippen LogP contribution < -0.4 is 9.47 Å². The molecule has 0 radical (unpaired) electrons. The van der Waals surface area contributed by atoms with Gasteiger partial charge < -0.3 is 24.6 Å². The Morgan fingerprint density at radius 3 is 2.36 bits per heavy atom. The number of hydrogen-bond acceptors (Lipinski definition) is 6. The van der Waals surface area contributed by atoms with Crippen molar-refractivity contribution in [1.82, 2.24) is 14.7 Å². The van der Waals surface area contributed by atoms with Crippen molar-refractivity contribution in [3.63, 3.8) is 0 Å². The summed E-state index contributed by atoms with van der Waals surface area (Å²) in [4.78, 5) is 20.2. The van der Waals surface area contributed by atoms with Gasteiger partial charge in [-0.25, -0.2) is 4.79 Å². The van der Waals surface area contributed by atoms with Crippen LogP contribution in [0.15, 0.2) is 42.1 Å². The predicted molar refractivity (Wildman–Crippen MR) is 150 cm³/mol. The molecule has 0 bridgehead atoms. The van der Waals surface area contributed by atoms with Gasteiger partial charge in [-0.1, -0.05) is 42.3 Å². The minimum absolute atomic E-state index is 0.0153. The topological polar surface area (TPSA) is 85.7 Å². The minimum atomic E-state index is -0.992. The van der Waals surface area contributed by atoms with Crippen molar-refractivity contribution >= 4 is 6.03 Å². The molecule has 2 amide bonds. The number of aliphatic hydroxyl groups excluding tert-OH is 2. The molecule has 3 heterocycles. The number of carbonyl (C=O) groups excluding carboxylic acids is 1. The summed E-state index contributed by atoms with van der Waals surface area (Å²) < 4.78 is 11.3. The minimum Gasteiger partial charge on any atom is -0.497 e. The number of amides is 2. The molecule has 2 N–H and O–H groups in total. The number of nitrogens with zero attached hydrogens (tertiary/aromatic N) is 3. The molecule has 0 saturated carbocycles.